The minimum absolute atomic E-state index is 0.00589. The van der Waals surface area contributed by atoms with Crippen molar-refractivity contribution in [2.24, 2.45) is 5.73 Å². The van der Waals surface area contributed by atoms with Crippen LogP contribution in [0.25, 0.3) is 22.2 Å². The van der Waals surface area contributed by atoms with E-state index in [-0.39, 0.29) is 39.5 Å². The van der Waals surface area contributed by atoms with Crippen molar-refractivity contribution in [1.82, 2.24) is 14.5 Å². The van der Waals surface area contributed by atoms with Crippen molar-refractivity contribution in [3.8, 4) is 11.4 Å². The SMILES string of the molecule is CC(N)C(CCn1ccc2cc(-c3ncc(C(F)(F)F)cn3)c(F)cc2c1=O)O[Si](C)(C)C(C)(C)C. The highest BCUT2D eigenvalue weighted by Crippen LogP contribution is 2.38. The Morgan fingerprint density at radius 3 is 2.28 bits per heavy atom. The first-order chi connectivity index (χ1) is 16.5. The maximum atomic E-state index is 14.9. The predicted octanol–water partition coefficient (Wildman–Crippen LogP) is 5.74. The quantitative estimate of drug-likeness (QED) is 0.315. The third-order valence-electron chi connectivity index (χ3n) is 6.78. The summed E-state index contributed by atoms with van der Waals surface area (Å²) in [5.41, 5.74) is 4.68. The summed E-state index contributed by atoms with van der Waals surface area (Å²) in [6, 6.07) is 3.85. The van der Waals surface area contributed by atoms with Crippen molar-refractivity contribution in [3.05, 3.63) is 58.5 Å². The zero-order valence-corrected chi connectivity index (χ0v) is 22.3. The summed E-state index contributed by atoms with van der Waals surface area (Å²) in [7, 11) is -2.08. The van der Waals surface area contributed by atoms with Crippen LogP contribution in [0.3, 0.4) is 0 Å². The number of aryl methyl sites for hydroxylation is 1. The van der Waals surface area contributed by atoms with Gasteiger partial charge in [-0.15, -0.1) is 0 Å². The highest BCUT2D eigenvalue weighted by atomic mass is 28.4. The molecule has 0 fully saturated rings. The fraction of sp³-hybridized carbons (Fsp3) is 0.480. The molecule has 0 radical (unpaired) electrons. The number of nitrogens with zero attached hydrogens (tertiary/aromatic N) is 3. The lowest BCUT2D eigenvalue weighted by Gasteiger charge is -2.40. The Hall–Kier alpha value is -2.63. The molecule has 3 aromatic rings. The Kier molecular flexibility index (Phi) is 7.78. The number of nitrogens with two attached hydrogens (primary N) is 1. The molecular formula is C25H32F4N4O2Si. The second kappa shape index (κ2) is 10.0. The van der Waals surface area contributed by atoms with Gasteiger partial charge in [-0.1, -0.05) is 20.8 Å². The largest absolute Gasteiger partial charge is 0.419 e. The number of rotatable bonds is 7. The van der Waals surface area contributed by atoms with E-state index in [9.17, 15) is 22.4 Å². The van der Waals surface area contributed by atoms with Gasteiger partial charge in [-0.2, -0.15) is 13.2 Å². The summed E-state index contributed by atoms with van der Waals surface area (Å²) in [6.45, 7) is 12.9. The minimum atomic E-state index is -4.60. The molecule has 0 saturated carbocycles. The molecule has 2 atom stereocenters. The molecule has 36 heavy (non-hydrogen) atoms. The summed E-state index contributed by atoms with van der Waals surface area (Å²) in [4.78, 5) is 20.4. The van der Waals surface area contributed by atoms with E-state index in [0.29, 0.717) is 30.7 Å². The van der Waals surface area contributed by atoms with Gasteiger partial charge in [-0.05, 0) is 55.1 Å². The molecule has 0 aliphatic rings. The van der Waals surface area contributed by atoms with Gasteiger partial charge in [0.05, 0.1) is 22.6 Å². The van der Waals surface area contributed by atoms with E-state index < -0.39 is 25.9 Å². The van der Waals surface area contributed by atoms with Crippen LogP contribution in [0, 0.1) is 5.82 Å². The highest BCUT2D eigenvalue weighted by Gasteiger charge is 2.39. The number of benzene rings is 1. The van der Waals surface area contributed by atoms with Crippen LogP contribution in [0.5, 0.6) is 0 Å². The molecule has 1 aromatic carbocycles. The molecule has 11 heteroatoms. The summed E-state index contributed by atoms with van der Waals surface area (Å²) in [5, 5.41) is 0.581. The summed E-state index contributed by atoms with van der Waals surface area (Å²) in [5.74, 6) is -0.999. The first-order valence-corrected chi connectivity index (χ1v) is 14.6. The third-order valence-corrected chi connectivity index (χ3v) is 11.3. The molecule has 3 rings (SSSR count). The Morgan fingerprint density at radius 1 is 1.14 bits per heavy atom. The van der Waals surface area contributed by atoms with Crippen LogP contribution < -0.4 is 11.3 Å². The molecule has 0 amide bonds. The van der Waals surface area contributed by atoms with E-state index in [2.05, 4.69) is 43.8 Å². The van der Waals surface area contributed by atoms with Gasteiger partial charge < -0.3 is 14.7 Å². The van der Waals surface area contributed by atoms with Gasteiger partial charge in [-0.25, -0.2) is 14.4 Å². The molecule has 2 unspecified atom stereocenters. The molecule has 0 aliphatic heterocycles. The van der Waals surface area contributed by atoms with E-state index in [4.69, 9.17) is 10.2 Å². The number of pyridine rings is 1. The molecule has 0 saturated heterocycles. The Bertz CT molecular complexity index is 1280. The molecule has 0 aliphatic carbocycles. The van der Waals surface area contributed by atoms with E-state index in [1.807, 2.05) is 6.92 Å². The van der Waals surface area contributed by atoms with Crippen molar-refractivity contribution in [2.45, 2.75) is 77.1 Å². The second-order valence-electron chi connectivity index (χ2n) is 10.6. The summed E-state index contributed by atoms with van der Waals surface area (Å²) in [6.07, 6.45) is -1.53. The van der Waals surface area contributed by atoms with Crippen molar-refractivity contribution in [1.29, 1.82) is 0 Å². The molecular weight excluding hydrogens is 492 g/mol. The molecule has 0 bridgehead atoms. The van der Waals surface area contributed by atoms with Crippen LogP contribution in [0.2, 0.25) is 18.1 Å². The van der Waals surface area contributed by atoms with Gasteiger partial charge >= 0.3 is 6.18 Å². The summed E-state index contributed by atoms with van der Waals surface area (Å²) >= 11 is 0. The number of aromatic nitrogens is 3. The normalized spacial score (nSPS) is 14.8. The molecule has 6 nitrogen and oxygen atoms in total. The molecule has 0 spiro atoms. The zero-order valence-electron chi connectivity index (χ0n) is 21.3. The Morgan fingerprint density at radius 2 is 1.75 bits per heavy atom. The fourth-order valence-electron chi connectivity index (χ4n) is 3.52. The lowest BCUT2D eigenvalue weighted by atomic mass is 10.1. The fourth-order valence-corrected chi connectivity index (χ4v) is 4.96. The Balaban J connectivity index is 1.87. The van der Waals surface area contributed by atoms with Crippen molar-refractivity contribution < 1.29 is 22.0 Å². The van der Waals surface area contributed by atoms with Crippen LogP contribution in [-0.2, 0) is 17.1 Å². The third kappa shape index (κ3) is 6.01. The first-order valence-electron chi connectivity index (χ1n) is 11.7. The van der Waals surface area contributed by atoms with E-state index in [1.165, 1.54) is 10.6 Å². The highest BCUT2D eigenvalue weighted by molar-refractivity contribution is 6.74. The molecule has 2 heterocycles. The van der Waals surface area contributed by atoms with Crippen LogP contribution in [0.15, 0.2) is 41.6 Å². The topological polar surface area (TPSA) is 83.0 Å². The van der Waals surface area contributed by atoms with Crippen LogP contribution in [0.1, 0.15) is 39.7 Å². The smallest absolute Gasteiger partial charge is 0.412 e. The van der Waals surface area contributed by atoms with E-state index >= 15 is 0 Å². The molecule has 2 aromatic heterocycles. The maximum Gasteiger partial charge on any atom is 0.419 e. The van der Waals surface area contributed by atoms with E-state index in [0.717, 1.165) is 6.07 Å². The van der Waals surface area contributed by atoms with Crippen LogP contribution in [0.4, 0.5) is 17.6 Å². The van der Waals surface area contributed by atoms with Crippen molar-refractivity contribution in [3.63, 3.8) is 0 Å². The van der Waals surface area contributed by atoms with Crippen molar-refractivity contribution in [2.75, 3.05) is 0 Å². The Labute approximate surface area is 208 Å². The minimum Gasteiger partial charge on any atom is -0.412 e. The average molecular weight is 525 g/mol. The maximum absolute atomic E-state index is 14.9. The zero-order chi connectivity index (χ0) is 27.1. The summed E-state index contributed by atoms with van der Waals surface area (Å²) < 4.78 is 61.2. The predicted molar refractivity (Wildman–Crippen MR) is 135 cm³/mol. The first kappa shape index (κ1) is 27.9. The lowest BCUT2D eigenvalue weighted by molar-refractivity contribution is -0.138. The van der Waals surface area contributed by atoms with E-state index in [1.54, 1.807) is 12.3 Å². The van der Waals surface area contributed by atoms with Crippen LogP contribution >= 0.6 is 0 Å². The molecule has 2 N–H and O–H groups in total. The number of hydrogen-bond acceptors (Lipinski definition) is 5. The average Bonchev–Trinajstić information content (AvgIpc) is 2.76. The molecule has 196 valence electrons. The standard InChI is InChI=1S/C25H32F4N4O2Si/c1-15(30)21(35-36(5,6)24(2,3)4)8-10-33-9-7-16-11-19(20(26)12-18(16)23(33)34)22-31-13-17(14-32-22)25(27,28)29/h7,9,11-15,21H,8,10,30H2,1-6H3. The van der Waals surface area contributed by atoms with Gasteiger partial charge in [0.1, 0.15) is 5.82 Å². The van der Waals surface area contributed by atoms with Gasteiger partial charge in [-0.3, -0.25) is 4.79 Å². The van der Waals surface area contributed by atoms with Gasteiger partial charge in [0.15, 0.2) is 14.1 Å². The monoisotopic (exact) mass is 524 g/mol. The van der Waals surface area contributed by atoms with Gasteiger partial charge in [0, 0.05) is 31.2 Å². The van der Waals surface area contributed by atoms with Crippen LogP contribution in [-0.4, -0.2) is 35.0 Å². The van der Waals surface area contributed by atoms with Gasteiger partial charge in [0.25, 0.3) is 5.56 Å². The number of alkyl halides is 3. The number of fused-ring (bicyclic) bond motifs is 1. The van der Waals surface area contributed by atoms with Crippen molar-refractivity contribution >= 4 is 19.1 Å². The van der Waals surface area contributed by atoms with Gasteiger partial charge in [0.2, 0.25) is 0 Å². The number of halogens is 4. The second-order valence-corrected chi connectivity index (χ2v) is 15.3. The lowest BCUT2D eigenvalue weighted by Crippen LogP contribution is -2.48. The number of hydrogen-bond donors (Lipinski definition) is 1.